The van der Waals surface area contributed by atoms with E-state index in [0.717, 1.165) is 18.9 Å². The first-order valence-corrected chi connectivity index (χ1v) is 8.87. The highest BCUT2D eigenvalue weighted by molar-refractivity contribution is 5.30. The molecule has 0 bridgehead atoms. The molecular weight excluding hydrogens is 322 g/mol. The van der Waals surface area contributed by atoms with Gasteiger partial charge in [0.05, 0.1) is 6.10 Å². The minimum atomic E-state index is -0.785. The van der Waals surface area contributed by atoms with Gasteiger partial charge in [0.2, 0.25) is 0 Å². The van der Waals surface area contributed by atoms with E-state index in [2.05, 4.69) is 31.3 Å². The van der Waals surface area contributed by atoms with E-state index in [1.807, 2.05) is 0 Å². The number of aliphatic hydroxyl groups is 1. The number of nitrogens with one attached hydrogen (secondary N) is 1. The minimum Gasteiger partial charge on any atom is -0.390 e. The van der Waals surface area contributed by atoms with Gasteiger partial charge >= 0.3 is 0 Å². The fraction of sp³-hybridized carbons (Fsp3) is 0.500. The molecule has 3 atom stereocenters. The standard InChI is InChI=1S/C20H28F2N2O/c1-3-14-5-4-13(2)16(6-14)11-24-12-20(25)19(23)9-15-7-17(21)10-18(22)8-15/h5-8,10,13,19-20,24-25H,3-4,9,11-12,23H2,1-2H3/t13?,19-,20+/m0/s1. The van der Waals surface area contributed by atoms with Gasteiger partial charge in [0.15, 0.2) is 0 Å². The second kappa shape index (κ2) is 9.22. The van der Waals surface area contributed by atoms with Crippen LogP contribution in [0.25, 0.3) is 0 Å². The van der Waals surface area contributed by atoms with Gasteiger partial charge in [0.1, 0.15) is 11.6 Å². The van der Waals surface area contributed by atoms with E-state index in [-0.39, 0.29) is 6.42 Å². The van der Waals surface area contributed by atoms with Crippen molar-refractivity contribution in [2.75, 3.05) is 13.1 Å². The zero-order valence-electron chi connectivity index (χ0n) is 14.9. The molecule has 1 aliphatic rings. The van der Waals surface area contributed by atoms with Crippen LogP contribution in [0.3, 0.4) is 0 Å². The normalized spacial score (nSPS) is 20.0. The Labute approximate surface area is 148 Å². The Morgan fingerprint density at radius 1 is 1.28 bits per heavy atom. The van der Waals surface area contributed by atoms with E-state index in [9.17, 15) is 13.9 Å². The summed E-state index contributed by atoms with van der Waals surface area (Å²) in [7, 11) is 0. The van der Waals surface area contributed by atoms with Gasteiger partial charge < -0.3 is 16.2 Å². The summed E-state index contributed by atoms with van der Waals surface area (Å²) in [6, 6.07) is 2.73. The predicted octanol–water partition coefficient (Wildman–Crippen LogP) is 3.09. The number of hydrogen-bond donors (Lipinski definition) is 3. The zero-order valence-corrected chi connectivity index (χ0v) is 14.9. The summed E-state index contributed by atoms with van der Waals surface area (Å²) in [6.07, 6.45) is 6.00. The van der Waals surface area contributed by atoms with E-state index in [1.54, 1.807) is 0 Å². The van der Waals surface area contributed by atoms with Gasteiger partial charge in [-0.3, -0.25) is 0 Å². The lowest BCUT2D eigenvalue weighted by atomic mass is 9.89. The summed E-state index contributed by atoms with van der Waals surface area (Å²) in [6.45, 7) is 5.38. The molecule has 0 aromatic heterocycles. The fourth-order valence-corrected chi connectivity index (χ4v) is 3.04. The van der Waals surface area contributed by atoms with E-state index < -0.39 is 23.8 Å². The SMILES string of the molecule is CCC1=CCC(C)C(CNC[C@@H](O)[C@@H](N)Cc2cc(F)cc(F)c2)=C1. The summed E-state index contributed by atoms with van der Waals surface area (Å²) in [4.78, 5) is 0. The summed E-state index contributed by atoms with van der Waals surface area (Å²) in [5, 5.41) is 13.5. The van der Waals surface area contributed by atoms with Crippen LogP contribution < -0.4 is 11.1 Å². The Balaban J connectivity index is 1.82. The Hall–Kier alpha value is -1.56. The number of allylic oxidation sites excluding steroid dienone is 3. The smallest absolute Gasteiger partial charge is 0.126 e. The second-order valence-electron chi connectivity index (χ2n) is 6.83. The van der Waals surface area contributed by atoms with Crippen molar-refractivity contribution in [2.45, 2.75) is 45.3 Å². The number of aliphatic hydroxyl groups excluding tert-OH is 1. The average molecular weight is 350 g/mol. The third-order valence-corrected chi connectivity index (χ3v) is 4.72. The maximum Gasteiger partial charge on any atom is 0.126 e. The molecule has 1 aromatic rings. The first-order valence-electron chi connectivity index (χ1n) is 8.87. The van der Waals surface area contributed by atoms with Gasteiger partial charge in [-0.25, -0.2) is 8.78 Å². The largest absolute Gasteiger partial charge is 0.390 e. The molecule has 0 radical (unpaired) electrons. The van der Waals surface area contributed by atoms with Gasteiger partial charge in [-0.2, -0.15) is 0 Å². The van der Waals surface area contributed by atoms with Crippen LogP contribution in [0, 0.1) is 17.6 Å². The van der Waals surface area contributed by atoms with E-state index in [4.69, 9.17) is 5.73 Å². The maximum atomic E-state index is 13.2. The molecule has 4 N–H and O–H groups in total. The Morgan fingerprint density at radius 2 is 1.96 bits per heavy atom. The van der Waals surface area contributed by atoms with Crippen molar-refractivity contribution in [2.24, 2.45) is 11.7 Å². The van der Waals surface area contributed by atoms with Gasteiger partial charge in [-0.15, -0.1) is 0 Å². The number of nitrogens with two attached hydrogens (primary N) is 1. The van der Waals surface area contributed by atoms with Crippen molar-refractivity contribution in [1.29, 1.82) is 0 Å². The Kier molecular flexibility index (Phi) is 7.29. The zero-order chi connectivity index (χ0) is 18.4. The predicted molar refractivity (Wildman–Crippen MR) is 97.2 cm³/mol. The van der Waals surface area contributed by atoms with Crippen LogP contribution in [0.15, 0.2) is 41.5 Å². The lowest BCUT2D eigenvalue weighted by Gasteiger charge is -2.23. The van der Waals surface area contributed by atoms with Crippen LogP contribution in [0.1, 0.15) is 32.3 Å². The van der Waals surface area contributed by atoms with E-state index in [0.29, 0.717) is 24.6 Å². The Morgan fingerprint density at radius 3 is 2.60 bits per heavy atom. The molecule has 0 saturated heterocycles. The molecule has 0 fully saturated rings. The lowest BCUT2D eigenvalue weighted by Crippen LogP contribution is -2.43. The molecule has 0 aliphatic heterocycles. The molecule has 1 unspecified atom stereocenters. The topological polar surface area (TPSA) is 58.3 Å². The molecule has 25 heavy (non-hydrogen) atoms. The van der Waals surface area contributed by atoms with Crippen molar-refractivity contribution in [3.8, 4) is 0 Å². The van der Waals surface area contributed by atoms with Crippen molar-refractivity contribution in [1.82, 2.24) is 5.32 Å². The number of rotatable bonds is 8. The molecule has 2 rings (SSSR count). The summed E-state index contributed by atoms with van der Waals surface area (Å²) >= 11 is 0. The molecule has 5 heteroatoms. The molecule has 1 aliphatic carbocycles. The summed E-state index contributed by atoms with van der Waals surface area (Å²) in [5.74, 6) is -0.774. The number of hydrogen-bond acceptors (Lipinski definition) is 3. The summed E-state index contributed by atoms with van der Waals surface area (Å²) in [5.41, 5.74) is 9.10. The van der Waals surface area contributed by atoms with Gasteiger partial charge in [0.25, 0.3) is 0 Å². The van der Waals surface area contributed by atoms with Crippen LogP contribution in [-0.2, 0) is 6.42 Å². The van der Waals surface area contributed by atoms with E-state index in [1.165, 1.54) is 23.3 Å². The second-order valence-corrected chi connectivity index (χ2v) is 6.83. The third-order valence-electron chi connectivity index (χ3n) is 4.72. The van der Waals surface area contributed by atoms with Crippen molar-refractivity contribution in [3.05, 3.63) is 58.7 Å². The molecule has 0 heterocycles. The highest BCUT2D eigenvalue weighted by Crippen LogP contribution is 2.24. The van der Waals surface area contributed by atoms with Gasteiger partial charge in [-0.1, -0.05) is 37.1 Å². The van der Waals surface area contributed by atoms with Gasteiger partial charge in [-0.05, 0) is 42.9 Å². The van der Waals surface area contributed by atoms with Crippen LogP contribution in [0.4, 0.5) is 8.78 Å². The van der Waals surface area contributed by atoms with Crippen LogP contribution in [0.5, 0.6) is 0 Å². The monoisotopic (exact) mass is 350 g/mol. The number of halogens is 2. The average Bonchev–Trinajstić information content (AvgIpc) is 2.55. The van der Waals surface area contributed by atoms with Crippen LogP contribution in [-0.4, -0.2) is 30.3 Å². The highest BCUT2D eigenvalue weighted by atomic mass is 19.1. The molecule has 3 nitrogen and oxygen atoms in total. The first kappa shape index (κ1) is 19.8. The first-order chi connectivity index (χ1) is 11.9. The minimum absolute atomic E-state index is 0.222. The quantitative estimate of drug-likeness (QED) is 0.675. The van der Waals surface area contributed by atoms with Crippen molar-refractivity contribution >= 4 is 0 Å². The van der Waals surface area contributed by atoms with Gasteiger partial charge in [0, 0.05) is 25.2 Å². The molecule has 0 spiro atoms. The summed E-state index contributed by atoms with van der Waals surface area (Å²) < 4.78 is 26.4. The Bertz CT molecular complexity index is 622. The van der Waals surface area contributed by atoms with Crippen molar-refractivity contribution in [3.63, 3.8) is 0 Å². The maximum absolute atomic E-state index is 13.2. The molecule has 1 aromatic carbocycles. The molecular formula is C20H28F2N2O. The lowest BCUT2D eigenvalue weighted by molar-refractivity contribution is 0.142. The molecule has 0 saturated carbocycles. The van der Waals surface area contributed by atoms with Crippen LogP contribution in [0.2, 0.25) is 0 Å². The van der Waals surface area contributed by atoms with Crippen LogP contribution >= 0.6 is 0 Å². The molecule has 138 valence electrons. The third kappa shape index (κ3) is 6.03. The fourth-order valence-electron chi connectivity index (χ4n) is 3.04. The van der Waals surface area contributed by atoms with E-state index >= 15 is 0 Å². The number of benzene rings is 1. The molecule has 0 amide bonds. The van der Waals surface area contributed by atoms with Crippen molar-refractivity contribution < 1.29 is 13.9 Å². The highest BCUT2D eigenvalue weighted by Gasteiger charge is 2.17.